The Balaban J connectivity index is 0.00000161. The van der Waals surface area contributed by atoms with Gasteiger partial charge in [-0.05, 0) is 13.3 Å². The first-order valence-corrected chi connectivity index (χ1v) is 6.96. The fraction of sp³-hybridized carbons (Fsp3) is 0.692. The summed E-state index contributed by atoms with van der Waals surface area (Å²) >= 11 is 0. The van der Waals surface area contributed by atoms with E-state index >= 15 is 0 Å². The Kier molecular flexibility index (Phi) is 5.08. The zero-order valence-electron chi connectivity index (χ0n) is 12.3. The van der Waals surface area contributed by atoms with Gasteiger partial charge in [0.05, 0.1) is 12.1 Å². The van der Waals surface area contributed by atoms with E-state index in [0.717, 1.165) is 36.9 Å². The highest BCUT2D eigenvalue weighted by Gasteiger charge is 2.30. The summed E-state index contributed by atoms with van der Waals surface area (Å²) in [7, 11) is 1.69. The number of hydrogen-bond acceptors (Lipinski definition) is 7. The molecule has 7 nitrogen and oxygen atoms in total. The highest BCUT2D eigenvalue weighted by atomic mass is 35.5. The number of anilines is 2. The Hall–Kier alpha value is -1.31. The number of nitrogens with two attached hydrogens (primary N) is 1. The molecule has 0 saturated carbocycles. The summed E-state index contributed by atoms with van der Waals surface area (Å²) in [5.41, 5.74) is 5.96. The standard InChI is InChI=1S/C13H21N5O2.ClH/c1-8(19-2)10-6-20-11-12(17-10)15-7-16-13(11)18-4-3-9(14)5-18;/h7-10H,3-6,14H2,1-2H3,(H,15,16,17);1H/t8?,9-,10+;/m1./s1. The van der Waals surface area contributed by atoms with Crippen LogP contribution in [0, 0.1) is 0 Å². The van der Waals surface area contributed by atoms with E-state index < -0.39 is 0 Å². The molecule has 0 bridgehead atoms. The molecule has 3 heterocycles. The number of hydrogen-bond donors (Lipinski definition) is 2. The summed E-state index contributed by atoms with van der Waals surface area (Å²) in [6.45, 7) is 4.27. The third-order valence-corrected chi connectivity index (χ3v) is 3.98. The van der Waals surface area contributed by atoms with Gasteiger partial charge in [-0.15, -0.1) is 12.4 Å². The molecule has 0 aromatic carbocycles. The number of methoxy groups -OCH3 is 1. The largest absolute Gasteiger partial charge is 0.484 e. The zero-order valence-corrected chi connectivity index (χ0v) is 13.1. The van der Waals surface area contributed by atoms with Gasteiger partial charge in [0.1, 0.15) is 12.9 Å². The molecule has 8 heteroatoms. The van der Waals surface area contributed by atoms with Gasteiger partial charge in [0.25, 0.3) is 0 Å². The third-order valence-electron chi connectivity index (χ3n) is 3.98. The summed E-state index contributed by atoms with van der Waals surface area (Å²) in [5, 5.41) is 3.36. The van der Waals surface area contributed by atoms with Gasteiger partial charge in [-0.25, -0.2) is 9.97 Å². The smallest absolute Gasteiger partial charge is 0.204 e. The Labute approximate surface area is 130 Å². The van der Waals surface area contributed by atoms with Crippen LogP contribution in [0.4, 0.5) is 11.6 Å². The van der Waals surface area contributed by atoms with Crippen LogP contribution in [0.1, 0.15) is 13.3 Å². The molecule has 0 amide bonds. The summed E-state index contributed by atoms with van der Waals surface area (Å²) in [4.78, 5) is 10.8. The van der Waals surface area contributed by atoms with Crippen LogP contribution in [0.2, 0.25) is 0 Å². The lowest BCUT2D eigenvalue weighted by Crippen LogP contribution is -2.41. The van der Waals surface area contributed by atoms with Crippen molar-refractivity contribution in [3.8, 4) is 5.75 Å². The number of fused-ring (bicyclic) bond motifs is 1. The van der Waals surface area contributed by atoms with E-state index in [-0.39, 0.29) is 30.6 Å². The summed E-state index contributed by atoms with van der Waals surface area (Å²) in [5.74, 6) is 2.29. The van der Waals surface area contributed by atoms with Gasteiger partial charge in [-0.2, -0.15) is 0 Å². The van der Waals surface area contributed by atoms with Crippen molar-refractivity contribution >= 4 is 24.0 Å². The second-order valence-corrected chi connectivity index (χ2v) is 5.37. The summed E-state index contributed by atoms with van der Waals surface area (Å²) in [6.07, 6.45) is 2.60. The molecule has 3 N–H and O–H groups in total. The van der Waals surface area contributed by atoms with Crippen LogP contribution in [0.5, 0.6) is 5.75 Å². The molecule has 2 aliphatic rings. The average molecular weight is 316 g/mol. The minimum absolute atomic E-state index is 0. The SMILES string of the molecule is COC(C)[C@@H]1COc2c(ncnc2N2CC[C@@H](N)C2)N1.Cl. The van der Waals surface area contributed by atoms with Crippen LogP contribution in [0.3, 0.4) is 0 Å². The minimum Gasteiger partial charge on any atom is -0.484 e. The first-order valence-electron chi connectivity index (χ1n) is 6.96. The van der Waals surface area contributed by atoms with Gasteiger partial charge < -0.3 is 25.4 Å². The lowest BCUT2D eigenvalue weighted by atomic mass is 10.1. The van der Waals surface area contributed by atoms with Crippen molar-refractivity contribution in [2.45, 2.75) is 31.5 Å². The van der Waals surface area contributed by atoms with Crippen molar-refractivity contribution in [1.29, 1.82) is 0 Å². The first kappa shape index (κ1) is 16.1. The van der Waals surface area contributed by atoms with Crippen LogP contribution in [0.15, 0.2) is 6.33 Å². The van der Waals surface area contributed by atoms with Crippen molar-refractivity contribution in [3.05, 3.63) is 6.33 Å². The molecule has 1 aromatic rings. The molecule has 3 rings (SSSR count). The van der Waals surface area contributed by atoms with E-state index in [0.29, 0.717) is 6.61 Å². The normalized spacial score (nSPS) is 25.4. The zero-order chi connectivity index (χ0) is 14.1. The fourth-order valence-electron chi connectivity index (χ4n) is 2.61. The fourth-order valence-corrected chi connectivity index (χ4v) is 2.61. The third kappa shape index (κ3) is 3.14. The molecule has 1 unspecified atom stereocenters. The maximum absolute atomic E-state index is 5.96. The van der Waals surface area contributed by atoms with Gasteiger partial charge in [0.2, 0.25) is 5.75 Å². The molecular weight excluding hydrogens is 294 g/mol. The molecular formula is C13H22ClN5O2. The topological polar surface area (TPSA) is 85.5 Å². The van der Waals surface area contributed by atoms with Crippen LogP contribution in [-0.4, -0.2) is 55.0 Å². The summed E-state index contributed by atoms with van der Waals surface area (Å²) < 4.78 is 11.2. The molecule has 1 aromatic heterocycles. The highest BCUT2D eigenvalue weighted by molar-refractivity contribution is 5.85. The Morgan fingerprint density at radius 2 is 2.33 bits per heavy atom. The predicted molar refractivity (Wildman–Crippen MR) is 83.5 cm³/mol. The van der Waals surface area contributed by atoms with E-state index in [4.69, 9.17) is 15.2 Å². The molecule has 2 aliphatic heterocycles. The number of aromatic nitrogens is 2. The second kappa shape index (κ2) is 6.64. The van der Waals surface area contributed by atoms with E-state index in [2.05, 4.69) is 20.2 Å². The maximum Gasteiger partial charge on any atom is 0.204 e. The lowest BCUT2D eigenvalue weighted by molar-refractivity contribution is 0.0804. The molecule has 1 saturated heterocycles. The van der Waals surface area contributed by atoms with Gasteiger partial charge in [-0.1, -0.05) is 0 Å². The van der Waals surface area contributed by atoms with Crippen LogP contribution in [-0.2, 0) is 4.74 Å². The molecule has 118 valence electrons. The Bertz CT molecular complexity index is 490. The van der Waals surface area contributed by atoms with Gasteiger partial charge in [-0.3, -0.25) is 0 Å². The Morgan fingerprint density at radius 3 is 3.00 bits per heavy atom. The number of nitrogens with one attached hydrogen (secondary N) is 1. The van der Waals surface area contributed by atoms with Gasteiger partial charge >= 0.3 is 0 Å². The monoisotopic (exact) mass is 315 g/mol. The number of halogens is 1. The van der Waals surface area contributed by atoms with Crippen molar-refractivity contribution in [3.63, 3.8) is 0 Å². The van der Waals surface area contributed by atoms with E-state index in [1.165, 1.54) is 0 Å². The van der Waals surface area contributed by atoms with E-state index in [1.54, 1.807) is 13.4 Å². The average Bonchev–Trinajstić information content (AvgIpc) is 2.91. The van der Waals surface area contributed by atoms with Crippen molar-refractivity contribution in [2.24, 2.45) is 5.73 Å². The molecule has 0 aliphatic carbocycles. The Morgan fingerprint density at radius 1 is 1.52 bits per heavy atom. The molecule has 3 atom stereocenters. The van der Waals surface area contributed by atoms with Crippen molar-refractivity contribution in [2.75, 3.05) is 37.0 Å². The first-order chi connectivity index (χ1) is 9.69. The highest BCUT2D eigenvalue weighted by Crippen LogP contribution is 2.36. The summed E-state index contributed by atoms with van der Waals surface area (Å²) in [6, 6.07) is 0.300. The van der Waals surface area contributed by atoms with E-state index in [9.17, 15) is 0 Å². The predicted octanol–water partition coefficient (Wildman–Crippen LogP) is 0.644. The van der Waals surface area contributed by atoms with Gasteiger partial charge in [0, 0.05) is 26.2 Å². The molecule has 0 spiro atoms. The molecule has 21 heavy (non-hydrogen) atoms. The maximum atomic E-state index is 5.96. The van der Waals surface area contributed by atoms with Crippen molar-refractivity contribution in [1.82, 2.24) is 9.97 Å². The molecule has 1 fully saturated rings. The van der Waals surface area contributed by atoms with Crippen molar-refractivity contribution < 1.29 is 9.47 Å². The second-order valence-electron chi connectivity index (χ2n) is 5.37. The van der Waals surface area contributed by atoms with Crippen LogP contribution >= 0.6 is 12.4 Å². The number of ether oxygens (including phenoxy) is 2. The molecule has 0 radical (unpaired) electrons. The van der Waals surface area contributed by atoms with Crippen LogP contribution in [0.25, 0.3) is 0 Å². The van der Waals surface area contributed by atoms with E-state index in [1.807, 2.05) is 6.92 Å². The quantitative estimate of drug-likeness (QED) is 0.846. The number of rotatable bonds is 3. The minimum atomic E-state index is 0. The van der Waals surface area contributed by atoms with Gasteiger partial charge in [0.15, 0.2) is 11.6 Å². The lowest BCUT2D eigenvalue weighted by Gasteiger charge is -2.31. The number of nitrogens with zero attached hydrogens (tertiary/aromatic N) is 3. The van der Waals surface area contributed by atoms with Crippen LogP contribution < -0.4 is 20.7 Å².